The number of hydrogen-bond donors (Lipinski definition) is 1. The van der Waals surface area contributed by atoms with Gasteiger partial charge in [0.2, 0.25) is 5.91 Å². The molecule has 3 aromatic carbocycles. The van der Waals surface area contributed by atoms with E-state index >= 15 is 0 Å². The van der Waals surface area contributed by atoms with Gasteiger partial charge in [-0.25, -0.2) is 9.18 Å². The lowest BCUT2D eigenvalue weighted by Crippen LogP contribution is -2.39. The molecule has 1 heterocycles. The lowest BCUT2D eigenvalue weighted by molar-refractivity contribution is 0.0998. The number of carbonyl (C=O) groups excluding carboxylic acids is 1. The number of nitrogens with two attached hydrogens (primary N) is 1. The van der Waals surface area contributed by atoms with Gasteiger partial charge in [-0.05, 0) is 41.5 Å². The number of rotatable bonds is 8. The second kappa shape index (κ2) is 9.99. The highest BCUT2D eigenvalue weighted by atomic mass is 19.1. The third-order valence-electron chi connectivity index (χ3n) is 5.32. The summed E-state index contributed by atoms with van der Waals surface area (Å²) in [5, 5.41) is 0. The van der Waals surface area contributed by atoms with Crippen LogP contribution in [0, 0.1) is 5.82 Å². The topological polar surface area (TPSA) is 96.3 Å². The van der Waals surface area contributed by atoms with Crippen LogP contribution in [-0.2, 0) is 19.7 Å². The molecule has 0 aliphatic heterocycles. The van der Waals surface area contributed by atoms with E-state index in [-0.39, 0.29) is 19.7 Å². The largest absolute Gasteiger partial charge is 0.489 e. The molecule has 0 bridgehead atoms. The molecule has 0 spiro atoms. The van der Waals surface area contributed by atoms with Crippen LogP contribution in [0.15, 0.2) is 94.6 Å². The van der Waals surface area contributed by atoms with Gasteiger partial charge in [0, 0.05) is 23.4 Å². The Labute approximate surface area is 194 Å². The summed E-state index contributed by atoms with van der Waals surface area (Å²) in [6.07, 6.45) is 1.44. The first kappa shape index (κ1) is 22.7. The number of hydrogen-bond acceptors (Lipinski definition) is 4. The van der Waals surface area contributed by atoms with Crippen LogP contribution in [0.1, 0.15) is 27.0 Å². The smallest absolute Gasteiger partial charge is 0.331 e. The summed E-state index contributed by atoms with van der Waals surface area (Å²) < 4.78 is 21.7. The molecule has 1 aromatic heterocycles. The number of carbonyl (C=O) groups is 1. The summed E-state index contributed by atoms with van der Waals surface area (Å²) in [4.78, 5) is 36.7. The Morgan fingerprint density at radius 2 is 1.65 bits per heavy atom. The van der Waals surface area contributed by atoms with Crippen LogP contribution in [0.5, 0.6) is 5.75 Å². The van der Waals surface area contributed by atoms with Crippen LogP contribution >= 0.6 is 0 Å². The van der Waals surface area contributed by atoms with Crippen LogP contribution in [0.2, 0.25) is 0 Å². The number of amides is 1. The van der Waals surface area contributed by atoms with Gasteiger partial charge in [-0.2, -0.15) is 0 Å². The van der Waals surface area contributed by atoms with E-state index in [1.165, 1.54) is 35.0 Å². The van der Waals surface area contributed by atoms with E-state index in [2.05, 4.69) is 0 Å². The zero-order valence-electron chi connectivity index (χ0n) is 18.2. The van der Waals surface area contributed by atoms with E-state index in [0.29, 0.717) is 22.4 Å². The van der Waals surface area contributed by atoms with Gasteiger partial charge in [0.05, 0.1) is 13.1 Å². The Hall–Kier alpha value is -4.46. The fourth-order valence-electron chi connectivity index (χ4n) is 3.58. The molecule has 34 heavy (non-hydrogen) atoms. The maximum atomic E-state index is 13.5. The molecule has 172 valence electrons. The van der Waals surface area contributed by atoms with Crippen molar-refractivity contribution >= 4 is 5.91 Å². The van der Waals surface area contributed by atoms with E-state index < -0.39 is 23.0 Å². The van der Waals surface area contributed by atoms with Gasteiger partial charge < -0.3 is 10.5 Å². The van der Waals surface area contributed by atoms with E-state index in [4.69, 9.17) is 10.5 Å². The molecule has 0 saturated carbocycles. The Morgan fingerprint density at radius 3 is 2.38 bits per heavy atom. The first-order chi connectivity index (χ1) is 16.4. The molecule has 2 N–H and O–H groups in total. The highest BCUT2D eigenvalue weighted by Gasteiger charge is 2.09. The summed E-state index contributed by atoms with van der Waals surface area (Å²) >= 11 is 0. The van der Waals surface area contributed by atoms with Crippen LogP contribution < -0.4 is 21.7 Å². The van der Waals surface area contributed by atoms with Crippen molar-refractivity contribution in [1.29, 1.82) is 0 Å². The van der Waals surface area contributed by atoms with E-state index in [1.54, 1.807) is 42.5 Å². The zero-order valence-corrected chi connectivity index (χ0v) is 18.2. The van der Waals surface area contributed by atoms with Crippen molar-refractivity contribution in [2.24, 2.45) is 5.73 Å². The average Bonchev–Trinajstić information content (AvgIpc) is 2.83. The van der Waals surface area contributed by atoms with Gasteiger partial charge in [-0.15, -0.1) is 0 Å². The van der Waals surface area contributed by atoms with Crippen molar-refractivity contribution in [3.05, 3.63) is 134 Å². The maximum Gasteiger partial charge on any atom is 0.331 e. The van der Waals surface area contributed by atoms with Crippen LogP contribution in [0.4, 0.5) is 4.39 Å². The third kappa shape index (κ3) is 5.29. The van der Waals surface area contributed by atoms with Crippen molar-refractivity contribution in [1.82, 2.24) is 9.13 Å². The van der Waals surface area contributed by atoms with Crippen molar-refractivity contribution in [3.63, 3.8) is 0 Å². The van der Waals surface area contributed by atoms with Gasteiger partial charge in [0.25, 0.3) is 5.56 Å². The van der Waals surface area contributed by atoms with Crippen molar-refractivity contribution in [2.75, 3.05) is 0 Å². The molecule has 8 heteroatoms. The predicted octanol–water partition coefficient (Wildman–Crippen LogP) is 2.92. The molecule has 4 aromatic rings. The molecule has 7 nitrogen and oxygen atoms in total. The predicted molar refractivity (Wildman–Crippen MR) is 125 cm³/mol. The highest BCUT2D eigenvalue weighted by Crippen LogP contribution is 2.16. The lowest BCUT2D eigenvalue weighted by Gasteiger charge is -2.12. The lowest BCUT2D eigenvalue weighted by atomic mass is 10.1. The van der Waals surface area contributed by atoms with Gasteiger partial charge >= 0.3 is 5.69 Å². The fraction of sp³-hybridized carbons (Fsp3) is 0.115. The minimum absolute atomic E-state index is 0.0180. The molecule has 0 fully saturated rings. The maximum absolute atomic E-state index is 13.5. The minimum atomic E-state index is -0.515. The number of halogens is 1. The molecular formula is C26H22FN3O4. The molecule has 0 aliphatic carbocycles. The summed E-state index contributed by atoms with van der Waals surface area (Å²) in [6, 6.07) is 21.2. The van der Waals surface area contributed by atoms with Crippen molar-refractivity contribution < 1.29 is 13.9 Å². The van der Waals surface area contributed by atoms with Crippen molar-refractivity contribution in [2.45, 2.75) is 19.7 Å². The second-order valence-corrected chi connectivity index (χ2v) is 7.73. The molecule has 1 amide bonds. The fourth-order valence-corrected chi connectivity index (χ4v) is 3.58. The molecule has 0 saturated heterocycles. The Kier molecular flexibility index (Phi) is 6.68. The minimum Gasteiger partial charge on any atom is -0.489 e. The first-order valence-corrected chi connectivity index (χ1v) is 10.5. The molecular weight excluding hydrogens is 437 g/mol. The molecule has 0 unspecified atom stereocenters. The Morgan fingerprint density at radius 1 is 0.882 bits per heavy atom. The summed E-state index contributed by atoms with van der Waals surface area (Å²) in [7, 11) is 0. The normalized spacial score (nSPS) is 10.7. The summed E-state index contributed by atoms with van der Waals surface area (Å²) in [5.74, 6) is -0.354. The number of aromatic nitrogens is 2. The Bertz CT molecular complexity index is 1440. The molecule has 0 aliphatic rings. The van der Waals surface area contributed by atoms with E-state index in [1.807, 2.05) is 12.1 Å². The SMILES string of the molecule is NC(=O)c1ccccc1COc1ccc(Cn2ccc(=O)n(Cc3cccc(F)c3)c2=O)cc1. The second-order valence-electron chi connectivity index (χ2n) is 7.73. The summed E-state index contributed by atoms with van der Waals surface area (Å²) in [6.45, 7) is 0.409. The number of nitrogens with zero attached hydrogens (tertiary/aromatic N) is 2. The molecule has 0 radical (unpaired) electrons. The van der Waals surface area contributed by atoms with Gasteiger partial charge in [-0.1, -0.05) is 42.5 Å². The van der Waals surface area contributed by atoms with Gasteiger partial charge in [0.1, 0.15) is 18.2 Å². The first-order valence-electron chi connectivity index (χ1n) is 10.5. The monoisotopic (exact) mass is 459 g/mol. The average molecular weight is 459 g/mol. The van der Waals surface area contributed by atoms with Crippen LogP contribution in [-0.4, -0.2) is 15.0 Å². The summed E-state index contributed by atoms with van der Waals surface area (Å²) in [5.41, 5.74) is 6.90. The van der Waals surface area contributed by atoms with Crippen LogP contribution in [0.25, 0.3) is 0 Å². The highest BCUT2D eigenvalue weighted by molar-refractivity contribution is 5.94. The number of ether oxygens (including phenoxy) is 1. The number of benzene rings is 3. The Balaban J connectivity index is 1.47. The van der Waals surface area contributed by atoms with Crippen molar-refractivity contribution in [3.8, 4) is 5.75 Å². The molecule has 0 atom stereocenters. The van der Waals surface area contributed by atoms with Gasteiger partial charge in [-0.3, -0.25) is 18.7 Å². The zero-order chi connectivity index (χ0) is 24.1. The van der Waals surface area contributed by atoms with Gasteiger partial charge in [0.15, 0.2) is 0 Å². The van der Waals surface area contributed by atoms with E-state index in [9.17, 15) is 18.8 Å². The van der Waals surface area contributed by atoms with Crippen LogP contribution in [0.3, 0.4) is 0 Å². The molecule has 4 rings (SSSR count). The van der Waals surface area contributed by atoms with E-state index in [0.717, 1.165) is 10.1 Å². The standard InChI is InChI=1S/C26H22FN3O4/c27-21-6-3-4-19(14-21)16-30-24(31)12-13-29(26(30)33)15-18-8-10-22(11-9-18)34-17-20-5-1-2-7-23(20)25(28)32/h1-14H,15-17H2,(H2,28,32). The number of primary amides is 1. The quantitative estimate of drug-likeness (QED) is 0.438. The third-order valence-corrected chi connectivity index (χ3v) is 5.32.